The fourth-order valence-electron chi connectivity index (χ4n) is 13.8. The quantitative estimate of drug-likeness (QED) is 0.0814. The summed E-state index contributed by atoms with van der Waals surface area (Å²) in [6.45, 7) is 16.7. The van der Waals surface area contributed by atoms with Crippen LogP contribution in [0.3, 0.4) is 0 Å². The summed E-state index contributed by atoms with van der Waals surface area (Å²) in [7, 11) is 0. The number of esters is 2. The zero-order valence-corrected chi connectivity index (χ0v) is 51.5. The number of amides is 2. The van der Waals surface area contributed by atoms with Gasteiger partial charge in [0, 0.05) is 49.7 Å². The molecular weight excluding hydrogens is 1080 g/mol. The molecule has 0 atom stereocenters. The van der Waals surface area contributed by atoms with Gasteiger partial charge in [-0.15, -0.1) is 0 Å². The molecule has 6 aromatic carbocycles. The first-order valence-corrected chi connectivity index (χ1v) is 30.9. The molecule has 6 aromatic rings. The summed E-state index contributed by atoms with van der Waals surface area (Å²) < 4.78 is 10.5. The highest BCUT2D eigenvalue weighted by molar-refractivity contribution is 6.01. The van der Waals surface area contributed by atoms with Crippen molar-refractivity contribution >= 4 is 35.7 Å². The lowest BCUT2D eigenvalue weighted by Crippen LogP contribution is -2.56. The molecule has 13 nitrogen and oxygen atoms in total. The third-order valence-electron chi connectivity index (χ3n) is 18.8. The van der Waals surface area contributed by atoms with Crippen molar-refractivity contribution < 1.29 is 48.5 Å². The first-order chi connectivity index (χ1) is 41.1. The van der Waals surface area contributed by atoms with Crippen molar-refractivity contribution in [3.8, 4) is 0 Å². The zero-order chi connectivity index (χ0) is 61.7. The Kier molecular flexibility index (Phi) is 19.2. The van der Waals surface area contributed by atoms with E-state index in [1.165, 1.54) is 62.9 Å². The van der Waals surface area contributed by atoms with Gasteiger partial charge in [0.1, 0.15) is 16.6 Å². The summed E-state index contributed by atoms with van der Waals surface area (Å²) in [6, 6.07) is 30.0. The number of fused-ring (bicyclic) bond motifs is 6. The first kappa shape index (κ1) is 62.6. The molecule has 0 spiro atoms. The molecule has 0 heterocycles. The van der Waals surface area contributed by atoms with Crippen LogP contribution in [0.5, 0.6) is 0 Å². The molecular formula is C73H85N3O10. The van der Waals surface area contributed by atoms with Gasteiger partial charge in [-0.2, -0.15) is 0 Å². The average molecular weight is 1160 g/mol. The van der Waals surface area contributed by atoms with E-state index in [1.807, 2.05) is 50.2 Å². The molecule has 6 N–H and O–H groups in total. The van der Waals surface area contributed by atoms with E-state index in [0.29, 0.717) is 68.4 Å². The van der Waals surface area contributed by atoms with Gasteiger partial charge in [-0.3, -0.25) is 14.4 Å². The van der Waals surface area contributed by atoms with Crippen molar-refractivity contribution in [2.24, 2.45) is 5.73 Å². The highest BCUT2D eigenvalue weighted by atomic mass is 16.5. The molecule has 0 saturated carbocycles. The Hall–Kier alpha value is -7.90. The topological polar surface area (TPSA) is 211 Å². The number of carboxylic acids is 2. The molecule has 0 saturated heterocycles. The lowest BCUT2D eigenvalue weighted by molar-refractivity contribution is -0.150. The van der Waals surface area contributed by atoms with E-state index >= 15 is 0 Å². The first-order valence-electron chi connectivity index (χ1n) is 30.9. The fourth-order valence-corrected chi connectivity index (χ4v) is 13.8. The molecule has 0 bridgehead atoms. The number of carboxylic acid groups (broad SMARTS) is 2. The number of benzene rings is 6. The number of aromatic carboxylic acids is 1. The number of nitrogens with two attached hydrogens (primary N) is 1. The molecule has 6 aliphatic rings. The Balaban J connectivity index is 0.000000143. The van der Waals surface area contributed by atoms with E-state index in [2.05, 4.69) is 86.9 Å². The van der Waals surface area contributed by atoms with Crippen LogP contribution >= 0.6 is 0 Å². The van der Waals surface area contributed by atoms with Crippen molar-refractivity contribution in [1.29, 1.82) is 0 Å². The van der Waals surface area contributed by atoms with Gasteiger partial charge in [-0.25, -0.2) is 14.4 Å². The molecule has 0 unspecified atom stereocenters. The van der Waals surface area contributed by atoms with Gasteiger partial charge in [-0.05, 0) is 251 Å². The molecule has 0 fully saturated rings. The Bertz CT molecular complexity index is 3540. The number of nitrogens with one attached hydrogen (secondary N) is 2. The number of aliphatic carboxylic acids is 1. The van der Waals surface area contributed by atoms with Gasteiger partial charge in [0.2, 0.25) is 0 Å². The van der Waals surface area contributed by atoms with Gasteiger partial charge < -0.3 is 36.1 Å². The second kappa shape index (κ2) is 26.4. The summed E-state index contributed by atoms with van der Waals surface area (Å²) in [5.74, 6) is -2.82. The minimum absolute atomic E-state index is 0.168. The molecule has 6 aliphatic carbocycles. The van der Waals surface area contributed by atoms with Crippen LogP contribution in [0.2, 0.25) is 0 Å². The van der Waals surface area contributed by atoms with Crippen LogP contribution < -0.4 is 16.4 Å². The number of hydrogen-bond acceptors (Lipinski definition) is 9. The SMILES string of the molecule is CCOC(=O)C1(N)Cc2cc(C)c(C)cc2C1.CCOC(=O)C1(NC(=O)c2cccc3c2CCCC3)Cc2cc(C)c(C)cc2C1.Cc1cc2c(cc1C)CC(NC(=O)c1cccc3c1CCCC3)(C(=O)O)C2.O=C(O)c1cccc2c1CCCC2. The van der Waals surface area contributed by atoms with Crippen molar-refractivity contribution in [2.75, 3.05) is 13.2 Å². The highest BCUT2D eigenvalue weighted by Gasteiger charge is 2.48. The second-order valence-corrected chi connectivity index (χ2v) is 24.9. The maximum Gasteiger partial charge on any atom is 0.335 e. The van der Waals surface area contributed by atoms with Gasteiger partial charge in [0.05, 0.1) is 18.8 Å². The molecule has 0 aliphatic heterocycles. The minimum atomic E-state index is -1.27. The number of ether oxygens (including phenoxy) is 2. The molecule has 13 heteroatoms. The Morgan fingerprint density at radius 3 is 1.07 bits per heavy atom. The van der Waals surface area contributed by atoms with Gasteiger partial charge >= 0.3 is 23.9 Å². The van der Waals surface area contributed by atoms with Crippen LogP contribution in [0.15, 0.2) is 91.0 Å². The van der Waals surface area contributed by atoms with E-state index in [4.69, 9.17) is 20.3 Å². The maximum atomic E-state index is 13.4. The summed E-state index contributed by atoms with van der Waals surface area (Å²) >= 11 is 0. The predicted octanol–water partition coefficient (Wildman–Crippen LogP) is 11.5. The lowest BCUT2D eigenvalue weighted by atomic mass is 9.87. The monoisotopic (exact) mass is 1160 g/mol. The Morgan fingerprint density at radius 1 is 0.419 bits per heavy atom. The standard InChI is InChI=1S/C25H29NO3.C23H25NO3.C14H19NO2.C11H12O2/c1-4-29-24(28)25(14-19-12-16(2)17(3)13-20(19)15-25)26-23(27)22-11-7-9-18-8-5-6-10-21(18)22;1-14-10-17-12-23(22(26)27,13-18(17)11-15(14)2)24-21(25)20-9-5-7-16-6-3-4-8-19(16)20;1-4-17-13(16)14(15)7-11-5-9(2)10(3)6-12(11)8-14;12-11(13)10-7-3-5-8-4-1-2-6-9(8)10/h7,9,11-13H,4-6,8,10,14-15H2,1-3H3,(H,26,27);5,7,9-11H,3-4,6,8,12-13H2,1-2H3,(H,24,25)(H,26,27);5-6H,4,7-8,15H2,1-3H3;3,5,7H,1-2,4,6H2,(H,12,13). The van der Waals surface area contributed by atoms with Crippen molar-refractivity contribution in [3.05, 3.63) is 208 Å². The summed E-state index contributed by atoms with van der Waals surface area (Å²) in [6.07, 6.45) is 15.4. The smallest absolute Gasteiger partial charge is 0.335 e. The number of hydrogen-bond donors (Lipinski definition) is 5. The molecule has 86 heavy (non-hydrogen) atoms. The van der Waals surface area contributed by atoms with Crippen LogP contribution in [-0.2, 0) is 101 Å². The summed E-state index contributed by atoms with van der Waals surface area (Å²) in [5, 5.41) is 25.0. The van der Waals surface area contributed by atoms with E-state index in [1.54, 1.807) is 19.9 Å². The van der Waals surface area contributed by atoms with Crippen molar-refractivity contribution in [2.45, 2.75) is 188 Å². The van der Waals surface area contributed by atoms with E-state index in [-0.39, 0.29) is 23.8 Å². The summed E-state index contributed by atoms with van der Waals surface area (Å²) in [5.41, 5.74) is 25.7. The van der Waals surface area contributed by atoms with E-state index in [0.717, 1.165) is 114 Å². The van der Waals surface area contributed by atoms with Crippen LogP contribution in [0, 0.1) is 41.5 Å². The predicted molar refractivity (Wildman–Crippen MR) is 334 cm³/mol. The average Bonchev–Trinajstić information content (AvgIpc) is 3.23. The lowest BCUT2D eigenvalue weighted by Gasteiger charge is -2.29. The molecule has 0 aromatic heterocycles. The molecule has 452 valence electrons. The van der Waals surface area contributed by atoms with Gasteiger partial charge in [-0.1, -0.05) is 72.8 Å². The van der Waals surface area contributed by atoms with Gasteiger partial charge in [0.15, 0.2) is 0 Å². The van der Waals surface area contributed by atoms with Crippen LogP contribution in [0.1, 0.15) is 184 Å². The highest BCUT2D eigenvalue weighted by Crippen LogP contribution is 2.37. The van der Waals surface area contributed by atoms with Crippen LogP contribution in [0.4, 0.5) is 0 Å². The number of aryl methyl sites for hydroxylation is 9. The van der Waals surface area contributed by atoms with Crippen LogP contribution in [-0.4, -0.2) is 75.7 Å². The third-order valence-corrected chi connectivity index (χ3v) is 18.8. The molecule has 0 radical (unpaired) electrons. The zero-order valence-electron chi connectivity index (χ0n) is 51.5. The van der Waals surface area contributed by atoms with Crippen molar-refractivity contribution in [1.82, 2.24) is 10.6 Å². The fraction of sp³-hybridized carbons (Fsp3) is 0.425. The minimum Gasteiger partial charge on any atom is -0.479 e. The number of rotatable bonds is 10. The van der Waals surface area contributed by atoms with Crippen molar-refractivity contribution in [3.63, 3.8) is 0 Å². The number of carbonyl (C=O) groups excluding carboxylic acids is 4. The molecule has 12 rings (SSSR count). The van der Waals surface area contributed by atoms with Crippen LogP contribution in [0.25, 0.3) is 0 Å². The maximum absolute atomic E-state index is 13.4. The number of carbonyl (C=O) groups is 6. The normalized spacial score (nSPS) is 16.6. The van der Waals surface area contributed by atoms with E-state index < -0.39 is 28.6 Å². The largest absolute Gasteiger partial charge is 0.479 e. The second-order valence-electron chi connectivity index (χ2n) is 24.9. The Labute approximate surface area is 506 Å². The third kappa shape index (κ3) is 13.4. The van der Waals surface area contributed by atoms with Gasteiger partial charge in [0.25, 0.3) is 11.8 Å². The Morgan fingerprint density at radius 2 is 0.721 bits per heavy atom. The molecule has 2 amide bonds. The van der Waals surface area contributed by atoms with E-state index in [9.17, 15) is 33.9 Å². The summed E-state index contributed by atoms with van der Waals surface area (Å²) in [4.78, 5) is 74.4.